The van der Waals surface area contributed by atoms with Gasteiger partial charge < -0.3 is 15.0 Å². The Hall–Kier alpha value is -1.26. The maximum absolute atomic E-state index is 12.4. The molecule has 0 saturated carbocycles. The average Bonchev–Trinajstić information content (AvgIpc) is 2.47. The van der Waals surface area contributed by atoms with E-state index >= 15 is 0 Å². The van der Waals surface area contributed by atoms with Crippen molar-refractivity contribution in [3.63, 3.8) is 0 Å². The number of rotatable bonds is 4. The predicted octanol–water partition coefficient (Wildman–Crippen LogP) is 2.43. The third kappa shape index (κ3) is 4.35. The van der Waals surface area contributed by atoms with Gasteiger partial charge in [-0.3, -0.25) is 4.79 Å². The van der Waals surface area contributed by atoms with Crippen LogP contribution in [0.3, 0.4) is 0 Å². The molecule has 1 saturated heterocycles. The summed E-state index contributed by atoms with van der Waals surface area (Å²) in [5.41, 5.74) is 1.10. The lowest BCUT2D eigenvalue weighted by atomic mass is 9.95. The van der Waals surface area contributed by atoms with E-state index in [1.165, 1.54) is 0 Å². The van der Waals surface area contributed by atoms with Crippen molar-refractivity contribution in [1.82, 2.24) is 10.2 Å². The smallest absolute Gasteiger partial charge is 0.223 e. The van der Waals surface area contributed by atoms with E-state index in [9.17, 15) is 4.79 Å². The third-order valence-electron chi connectivity index (χ3n) is 3.97. The first-order valence-electron chi connectivity index (χ1n) is 7.26. The molecule has 2 atom stereocenters. The van der Waals surface area contributed by atoms with Crippen molar-refractivity contribution in [3.05, 3.63) is 29.8 Å². The first kappa shape index (κ1) is 17.8. The number of para-hydroxylation sites is 1. The minimum absolute atomic E-state index is 0. The number of ether oxygens (including phenoxy) is 1. The molecule has 1 aromatic rings. The van der Waals surface area contributed by atoms with Crippen molar-refractivity contribution in [2.75, 3.05) is 26.7 Å². The fourth-order valence-electron chi connectivity index (χ4n) is 2.77. The Morgan fingerprint density at radius 3 is 2.86 bits per heavy atom. The molecule has 118 valence electrons. The molecule has 1 fully saturated rings. The molecule has 0 aliphatic carbocycles. The summed E-state index contributed by atoms with van der Waals surface area (Å²) in [7, 11) is 1.67. The van der Waals surface area contributed by atoms with E-state index in [1.807, 2.05) is 29.2 Å². The molecule has 1 aromatic carbocycles. The molecular formula is C16H25ClN2O2. The van der Waals surface area contributed by atoms with Gasteiger partial charge in [0.1, 0.15) is 5.75 Å². The zero-order valence-electron chi connectivity index (χ0n) is 13.0. The summed E-state index contributed by atoms with van der Waals surface area (Å²) in [5, 5.41) is 3.31. The number of carbonyl (C=O) groups is 1. The summed E-state index contributed by atoms with van der Waals surface area (Å²) in [6.07, 6.45) is 0.532. The minimum Gasteiger partial charge on any atom is -0.496 e. The zero-order valence-corrected chi connectivity index (χ0v) is 13.8. The maximum Gasteiger partial charge on any atom is 0.223 e. The highest BCUT2D eigenvalue weighted by atomic mass is 35.5. The first-order valence-corrected chi connectivity index (χ1v) is 7.26. The van der Waals surface area contributed by atoms with Crippen LogP contribution in [0.4, 0.5) is 0 Å². The number of hydrogen-bond acceptors (Lipinski definition) is 3. The normalized spacial score (nSPS) is 19.6. The fourth-order valence-corrected chi connectivity index (χ4v) is 2.77. The number of nitrogens with one attached hydrogen (secondary N) is 1. The van der Waals surface area contributed by atoms with Gasteiger partial charge in [0, 0.05) is 32.1 Å². The molecule has 1 amide bonds. The van der Waals surface area contributed by atoms with Gasteiger partial charge in [-0.25, -0.2) is 0 Å². The molecule has 21 heavy (non-hydrogen) atoms. The van der Waals surface area contributed by atoms with Crippen LogP contribution in [-0.2, 0) is 4.79 Å². The van der Waals surface area contributed by atoms with E-state index in [-0.39, 0.29) is 30.3 Å². The average molecular weight is 313 g/mol. The van der Waals surface area contributed by atoms with Crippen molar-refractivity contribution < 1.29 is 9.53 Å². The number of benzene rings is 1. The van der Waals surface area contributed by atoms with Gasteiger partial charge in [-0.1, -0.05) is 25.1 Å². The number of halogens is 1. The molecule has 0 aromatic heterocycles. The van der Waals surface area contributed by atoms with Gasteiger partial charge in [-0.2, -0.15) is 0 Å². The van der Waals surface area contributed by atoms with Gasteiger partial charge in [0.2, 0.25) is 5.91 Å². The molecule has 4 nitrogen and oxygen atoms in total. The number of methoxy groups -OCH3 is 1. The van der Waals surface area contributed by atoms with Crippen LogP contribution >= 0.6 is 12.4 Å². The van der Waals surface area contributed by atoms with Crippen molar-refractivity contribution in [3.8, 4) is 5.75 Å². The van der Waals surface area contributed by atoms with E-state index in [0.29, 0.717) is 6.42 Å². The highest BCUT2D eigenvalue weighted by Gasteiger charge is 2.25. The van der Waals surface area contributed by atoms with Crippen LogP contribution in [-0.4, -0.2) is 43.6 Å². The van der Waals surface area contributed by atoms with Crippen LogP contribution in [0.1, 0.15) is 31.7 Å². The quantitative estimate of drug-likeness (QED) is 0.928. The first-order chi connectivity index (χ1) is 9.63. The lowest BCUT2D eigenvalue weighted by Crippen LogP contribution is -2.52. The number of hydrogen-bond donors (Lipinski definition) is 1. The summed E-state index contributed by atoms with van der Waals surface area (Å²) >= 11 is 0. The van der Waals surface area contributed by atoms with E-state index in [2.05, 4.69) is 19.2 Å². The Bertz CT molecular complexity index is 467. The van der Waals surface area contributed by atoms with E-state index in [1.54, 1.807) is 7.11 Å². The van der Waals surface area contributed by atoms with Crippen LogP contribution in [0.25, 0.3) is 0 Å². The second-order valence-electron chi connectivity index (χ2n) is 5.49. The molecular weight excluding hydrogens is 288 g/mol. The van der Waals surface area contributed by atoms with E-state index in [0.717, 1.165) is 30.9 Å². The van der Waals surface area contributed by atoms with Gasteiger partial charge >= 0.3 is 0 Å². The maximum atomic E-state index is 12.4. The lowest BCUT2D eigenvalue weighted by Gasteiger charge is -2.34. The van der Waals surface area contributed by atoms with E-state index in [4.69, 9.17) is 4.74 Å². The van der Waals surface area contributed by atoms with Crippen LogP contribution in [0.2, 0.25) is 0 Å². The highest BCUT2D eigenvalue weighted by Crippen LogP contribution is 2.29. The molecule has 5 heteroatoms. The van der Waals surface area contributed by atoms with Gasteiger partial charge in [0.25, 0.3) is 0 Å². The molecule has 1 aliphatic rings. The Balaban J connectivity index is 0.00000220. The molecule has 0 spiro atoms. The largest absolute Gasteiger partial charge is 0.496 e. The molecule has 0 bridgehead atoms. The van der Waals surface area contributed by atoms with Crippen molar-refractivity contribution in [2.45, 2.75) is 32.2 Å². The van der Waals surface area contributed by atoms with Crippen LogP contribution in [0.15, 0.2) is 24.3 Å². The molecule has 0 radical (unpaired) electrons. The van der Waals surface area contributed by atoms with Crippen molar-refractivity contribution in [2.24, 2.45) is 0 Å². The van der Waals surface area contributed by atoms with Gasteiger partial charge in [0.15, 0.2) is 0 Å². The second kappa shape index (κ2) is 8.25. The second-order valence-corrected chi connectivity index (χ2v) is 5.49. The Morgan fingerprint density at radius 1 is 1.48 bits per heavy atom. The lowest BCUT2D eigenvalue weighted by molar-refractivity contribution is -0.134. The minimum atomic E-state index is 0. The standard InChI is InChI=1S/C16H24N2O2.ClH/c1-12(14-6-4-5-7-15(14)20-3)10-16(19)18-9-8-17-11-13(18)2;/h4-7,12-13,17H,8-11H2,1-3H3;1H/t12?,13-;/m0./s1. The highest BCUT2D eigenvalue weighted by molar-refractivity contribution is 5.85. The monoisotopic (exact) mass is 312 g/mol. The predicted molar refractivity (Wildman–Crippen MR) is 87.3 cm³/mol. The van der Waals surface area contributed by atoms with Gasteiger partial charge in [-0.15, -0.1) is 12.4 Å². The zero-order chi connectivity index (χ0) is 14.5. The van der Waals surface area contributed by atoms with Gasteiger partial charge in [-0.05, 0) is 24.5 Å². The molecule has 1 aliphatic heterocycles. The van der Waals surface area contributed by atoms with Crippen LogP contribution in [0, 0.1) is 0 Å². The number of nitrogens with zero attached hydrogens (tertiary/aromatic N) is 1. The Morgan fingerprint density at radius 2 is 2.19 bits per heavy atom. The summed E-state index contributed by atoms with van der Waals surface area (Å²) in [4.78, 5) is 14.4. The fraction of sp³-hybridized carbons (Fsp3) is 0.562. The van der Waals surface area contributed by atoms with E-state index < -0.39 is 0 Å². The Labute approximate surface area is 133 Å². The van der Waals surface area contributed by atoms with Crippen molar-refractivity contribution in [1.29, 1.82) is 0 Å². The molecule has 1 N–H and O–H groups in total. The van der Waals surface area contributed by atoms with Crippen LogP contribution in [0.5, 0.6) is 5.75 Å². The number of piperazine rings is 1. The molecule has 1 heterocycles. The Kier molecular flexibility index (Phi) is 6.99. The third-order valence-corrected chi connectivity index (χ3v) is 3.97. The van der Waals surface area contributed by atoms with Gasteiger partial charge in [0.05, 0.1) is 7.11 Å². The summed E-state index contributed by atoms with van der Waals surface area (Å²) < 4.78 is 5.38. The van der Waals surface area contributed by atoms with Crippen molar-refractivity contribution >= 4 is 18.3 Å². The van der Waals surface area contributed by atoms with Crippen LogP contribution < -0.4 is 10.1 Å². The summed E-state index contributed by atoms with van der Waals surface area (Å²) in [5.74, 6) is 1.26. The summed E-state index contributed by atoms with van der Waals surface area (Å²) in [6.45, 7) is 6.76. The topological polar surface area (TPSA) is 41.6 Å². The molecule has 2 rings (SSSR count). The SMILES string of the molecule is COc1ccccc1C(C)CC(=O)N1CCNC[C@@H]1C.Cl. The summed E-state index contributed by atoms with van der Waals surface area (Å²) in [6, 6.07) is 8.21. The number of carbonyl (C=O) groups excluding carboxylic acids is 1. The molecule has 1 unspecified atom stereocenters. The number of amides is 1.